The van der Waals surface area contributed by atoms with E-state index < -0.39 is 0 Å². The van der Waals surface area contributed by atoms with E-state index in [1.807, 2.05) is 6.20 Å². The third kappa shape index (κ3) is 4.68. The van der Waals surface area contributed by atoms with E-state index in [1.165, 1.54) is 32.4 Å². The first-order valence-corrected chi connectivity index (χ1v) is 8.23. The van der Waals surface area contributed by atoms with E-state index in [0.29, 0.717) is 0 Å². The molecule has 1 aromatic rings. The van der Waals surface area contributed by atoms with Gasteiger partial charge < -0.3 is 15.5 Å². The number of aromatic nitrogens is 2. The summed E-state index contributed by atoms with van der Waals surface area (Å²) in [5.41, 5.74) is 5.53. The van der Waals surface area contributed by atoms with Gasteiger partial charge in [0.15, 0.2) is 0 Å². The Balaban J connectivity index is 1.82. The van der Waals surface area contributed by atoms with Crippen LogP contribution in [-0.4, -0.2) is 54.1 Å². The number of nitrogens with two attached hydrogens (primary N) is 1. The van der Waals surface area contributed by atoms with Crippen LogP contribution in [0.15, 0.2) is 17.0 Å². The predicted octanol–water partition coefficient (Wildman–Crippen LogP) is 1.88. The number of rotatable bonds is 6. The maximum absolute atomic E-state index is 5.53. The Morgan fingerprint density at radius 2 is 2.05 bits per heavy atom. The van der Waals surface area contributed by atoms with E-state index in [9.17, 15) is 0 Å². The van der Waals surface area contributed by atoms with Crippen LogP contribution in [0.3, 0.4) is 0 Å². The summed E-state index contributed by atoms with van der Waals surface area (Å²) in [6, 6.07) is 0. The molecule has 1 aliphatic heterocycles. The van der Waals surface area contributed by atoms with Crippen molar-refractivity contribution in [1.82, 2.24) is 14.9 Å². The van der Waals surface area contributed by atoms with Crippen molar-refractivity contribution in [1.29, 1.82) is 0 Å². The summed E-state index contributed by atoms with van der Waals surface area (Å²) >= 11 is 3.54. The summed E-state index contributed by atoms with van der Waals surface area (Å²) in [4.78, 5) is 13.3. The molecule has 0 unspecified atom stereocenters. The maximum atomic E-state index is 5.53. The Bertz CT molecular complexity index is 401. The molecule has 2 rings (SSSR count). The predicted molar refractivity (Wildman–Crippen MR) is 85.9 cm³/mol. The summed E-state index contributed by atoms with van der Waals surface area (Å²) < 4.78 is 0.983. The van der Waals surface area contributed by atoms with Gasteiger partial charge in [0.1, 0.15) is 12.1 Å². The van der Waals surface area contributed by atoms with E-state index >= 15 is 0 Å². The molecular weight excluding hydrogens is 318 g/mol. The molecule has 0 atom stereocenters. The molecule has 2 heterocycles. The van der Waals surface area contributed by atoms with E-state index in [1.54, 1.807) is 6.33 Å². The Morgan fingerprint density at radius 1 is 1.15 bits per heavy atom. The minimum absolute atomic E-state index is 0.815. The quantitative estimate of drug-likeness (QED) is 0.800. The van der Waals surface area contributed by atoms with Crippen LogP contribution in [0.25, 0.3) is 0 Å². The number of anilines is 1. The van der Waals surface area contributed by atoms with Gasteiger partial charge in [-0.05, 0) is 54.8 Å². The molecule has 0 bridgehead atoms. The fourth-order valence-electron chi connectivity index (χ4n) is 2.60. The lowest BCUT2D eigenvalue weighted by Gasteiger charge is -2.23. The van der Waals surface area contributed by atoms with Gasteiger partial charge in [0.25, 0.3) is 0 Å². The second kappa shape index (κ2) is 8.54. The lowest BCUT2D eigenvalue weighted by atomic mass is 10.2. The molecule has 112 valence electrons. The molecule has 1 aliphatic rings. The molecule has 20 heavy (non-hydrogen) atoms. The van der Waals surface area contributed by atoms with Gasteiger partial charge in [-0.1, -0.05) is 6.42 Å². The highest BCUT2D eigenvalue weighted by Gasteiger charge is 2.17. The minimum Gasteiger partial charge on any atom is -0.354 e. The molecule has 2 N–H and O–H groups in total. The molecule has 0 aromatic carbocycles. The van der Waals surface area contributed by atoms with Crippen LogP contribution in [0.2, 0.25) is 0 Å². The highest BCUT2D eigenvalue weighted by atomic mass is 79.9. The average molecular weight is 342 g/mol. The van der Waals surface area contributed by atoms with Crippen molar-refractivity contribution in [2.75, 3.05) is 44.2 Å². The molecule has 0 radical (unpaired) electrons. The van der Waals surface area contributed by atoms with Crippen LogP contribution in [0.1, 0.15) is 25.7 Å². The van der Waals surface area contributed by atoms with Crippen LogP contribution in [0, 0.1) is 0 Å². The molecular formula is C14H24BrN5. The Kier molecular flexibility index (Phi) is 6.69. The van der Waals surface area contributed by atoms with Crippen LogP contribution in [0.4, 0.5) is 5.82 Å². The first-order chi connectivity index (χ1) is 9.81. The largest absolute Gasteiger partial charge is 0.354 e. The lowest BCUT2D eigenvalue weighted by molar-refractivity contribution is 0.286. The van der Waals surface area contributed by atoms with Gasteiger partial charge in [-0.15, -0.1) is 0 Å². The van der Waals surface area contributed by atoms with Crippen LogP contribution < -0.4 is 10.6 Å². The van der Waals surface area contributed by atoms with Gasteiger partial charge >= 0.3 is 0 Å². The zero-order chi connectivity index (χ0) is 14.2. The third-order valence-corrected chi connectivity index (χ3v) is 4.27. The Hall–Kier alpha value is -0.720. The van der Waals surface area contributed by atoms with Crippen molar-refractivity contribution in [3.8, 4) is 0 Å². The van der Waals surface area contributed by atoms with Crippen molar-refractivity contribution < 1.29 is 0 Å². The summed E-state index contributed by atoms with van der Waals surface area (Å²) in [5, 5.41) is 0. The van der Waals surface area contributed by atoms with Crippen LogP contribution in [0.5, 0.6) is 0 Å². The molecule has 1 fully saturated rings. The zero-order valence-corrected chi connectivity index (χ0v) is 13.6. The molecule has 0 saturated carbocycles. The average Bonchev–Trinajstić information content (AvgIpc) is 2.70. The van der Waals surface area contributed by atoms with Gasteiger partial charge in [0, 0.05) is 25.8 Å². The number of hydrogen-bond donors (Lipinski definition) is 1. The number of halogens is 1. The number of unbranched alkanes of at least 4 members (excludes halogenated alkanes) is 2. The standard InChI is InChI=1S/C14H24BrN5/c15-13-11-17-12-18-14(13)20-8-4-7-19(9-10-20)6-3-1-2-5-16/h11-12H,1-10,16H2. The van der Waals surface area contributed by atoms with Gasteiger partial charge in [0.05, 0.1) is 4.47 Å². The molecule has 1 saturated heterocycles. The smallest absolute Gasteiger partial charge is 0.146 e. The molecule has 5 nitrogen and oxygen atoms in total. The molecule has 0 amide bonds. The number of hydrogen-bond acceptors (Lipinski definition) is 5. The van der Waals surface area contributed by atoms with E-state index in [0.717, 1.165) is 42.9 Å². The Labute approximate surface area is 129 Å². The summed E-state index contributed by atoms with van der Waals surface area (Å²) in [6.45, 7) is 6.40. The van der Waals surface area contributed by atoms with Crippen molar-refractivity contribution in [3.05, 3.63) is 17.0 Å². The topological polar surface area (TPSA) is 58.3 Å². The van der Waals surface area contributed by atoms with Gasteiger partial charge in [-0.3, -0.25) is 0 Å². The highest BCUT2D eigenvalue weighted by molar-refractivity contribution is 9.10. The van der Waals surface area contributed by atoms with Crippen molar-refractivity contribution in [3.63, 3.8) is 0 Å². The van der Waals surface area contributed by atoms with Crippen molar-refractivity contribution in [2.24, 2.45) is 5.73 Å². The molecule has 6 heteroatoms. The van der Waals surface area contributed by atoms with Crippen LogP contribution in [-0.2, 0) is 0 Å². The fourth-order valence-corrected chi connectivity index (χ4v) is 3.07. The van der Waals surface area contributed by atoms with E-state index in [2.05, 4.69) is 35.7 Å². The SMILES string of the molecule is NCCCCCN1CCCN(c2ncncc2Br)CC1. The van der Waals surface area contributed by atoms with Crippen LogP contribution >= 0.6 is 15.9 Å². The van der Waals surface area contributed by atoms with Gasteiger partial charge in [-0.25, -0.2) is 9.97 Å². The first-order valence-electron chi connectivity index (χ1n) is 7.44. The molecule has 1 aromatic heterocycles. The van der Waals surface area contributed by atoms with Crippen molar-refractivity contribution >= 4 is 21.7 Å². The fraction of sp³-hybridized carbons (Fsp3) is 0.714. The zero-order valence-electron chi connectivity index (χ0n) is 12.0. The van der Waals surface area contributed by atoms with E-state index in [4.69, 9.17) is 5.73 Å². The second-order valence-corrected chi connectivity index (χ2v) is 6.08. The van der Waals surface area contributed by atoms with Gasteiger partial charge in [-0.2, -0.15) is 0 Å². The second-order valence-electron chi connectivity index (χ2n) is 5.23. The highest BCUT2D eigenvalue weighted by Crippen LogP contribution is 2.23. The van der Waals surface area contributed by atoms with Crippen molar-refractivity contribution in [2.45, 2.75) is 25.7 Å². The normalized spacial score (nSPS) is 17.2. The first kappa shape index (κ1) is 15.7. The Morgan fingerprint density at radius 3 is 2.85 bits per heavy atom. The monoisotopic (exact) mass is 341 g/mol. The molecule has 0 aliphatic carbocycles. The minimum atomic E-state index is 0.815. The third-order valence-electron chi connectivity index (χ3n) is 3.71. The summed E-state index contributed by atoms with van der Waals surface area (Å²) in [6.07, 6.45) is 8.27. The van der Waals surface area contributed by atoms with Gasteiger partial charge in [0.2, 0.25) is 0 Å². The molecule has 0 spiro atoms. The lowest BCUT2D eigenvalue weighted by Crippen LogP contribution is -2.32. The van der Waals surface area contributed by atoms with E-state index in [-0.39, 0.29) is 0 Å². The summed E-state index contributed by atoms with van der Waals surface area (Å²) in [7, 11) is 0. The number of nitrogens with zero attached hydrogens (tertiary/aromatic N) is 4. The maximum Gasteiger partial charge on any atom is 0.146 e. The summed E-state index contributed by atoms with van der Waals surface area (Å²) in [5.74, 6) is 1.02.